The molecule has 1 amide bonds. The molecule has 0 bridgehead atoms. The quantitative estimate of drug-likeness (QED) is 0.711. The zero-order valence-corrected chi connectivity index (χ0v) is 13.9. The Morgan fingerprint density at radius 3 is 2.36 bits per heavy atom. The van der Waals surface area contributed by atoms with Gasteiger partial charge in [-0.1, -0.05) is 0 Å². The van der Waals surface area contributed by atoms with E-state index in [4.69, 9.17) is 14.3 Å². The molecule has 2 N–H and O–H groups in total. The van der Waals surface area contributed by atoms with Crippen molar-refractivity contribution in [3.05, 3.63) is 72.0 Å². The number of hydrogen-bond donors (Lipinski definition) is 2. The summed E-state index contributed by atoms with van der Waals surface area (Å²) in [6.07, 6.45) is 0. The lowest BCUT2D eigenvalue weighted by Gasteiger charge is -2.07. The molecule has 1 heterocycles. The second-order valence-electron chi connectivity index (χ2n) is 5.41. The number of anilines is 1. The topological polar surface area (TPSA) is 71.7 Å². The van der Waals surface area contributed by atoms with Crippen molar-refractivity contribution >= 4 is 11.6 Å². The Kier molecular flexibility index (Phi) is 5.16. The van der Waals surface area contributed by atoms with Crippen LogP contribution in [0.1, 0.15) is 23.0 Å². The minimum Gasteiger partial charge on any atom is -0.494 e. The number of furan rings is 1. The SMILES string of the molecule is CCOc1ccc(C(=O)Nc2ccc(-c3ccc(CO)o3)cc2)cc1. The maximum absolute atomic E-state index is 12.3. The fourth-order valence-electron chi connectivity index (χ4n) is 2.41. The summed E-state index contributed by atoms with van der Waals surface area (Å²) in [7, 11) is 0. The minimum atomic E-state index is -0.184. The summed E-state index contributed by atoms with van der Waals surface area (Å²) in [6.45, 7) is 2.38. The molecule has 0 saturated carbocycles. The third-order valence-corrected chi connectivity index (χ3v) is 3.67. The molecule has 0 aliphatic rings. The lowest BCUT2D eigenvalue weighted by molar-refractivity contribution is 0.102. The van der Waals surface area contributed by atoms with Gasteiger partial charge in [-0.2, -0.15) is 0 Å². The highest BCUT2D eigenvalue weighted by Crippen LogP contribution is 2.24. The Balaban J connectivity index is 1.67. The van der Waals surface area contributed by atoms with Gasteiger partial charge in [0.2, 0.25) is 0 Å². The Morgan fingerprint density at radius 2 is 1.76 bits per heavy atom. The van der Waals surface area contributed by atoms with Gasteiger partial charge in [0.05, 0.1) is 6.61 Å². The molecule has 0 radical (unpaired) electrons. The lowest BCUT2D eigenvalue weighted by atomic mass is 10.1. The first-order valence-corrected chi connectivity index (χ1v) is 8.04. The molecule has 2 aromatic carbocycles. The zero-order valence-electron chi connectivity index (χ0n) is 13.9. The van der Waals surface area contributed by atoms with Gasteiger partial charge in [0.1, 0.15) is 23.9 Å². The number of aliphatic hydroxyl groups excluding tert-OH is 1. The van der Waals surface area contributed by atoms with Crippen molar-refractivity contribution in [3.8, 4) is 17.1 Å². The van der Waals surface area contributed by atoms with E-state index in [0.29, 0.717) is 29.4 Å². The summed E-state index contributed by atoms with van der Waals surface area (Å²) in [5.41, 5.74) is 2.13. The number of rotatable bonds is 6. The summed E-state index contributed by atoms with van der Waals surface area (Å²) in [5.74, 6) is 1.75. The highest BCUT2D eigenvalue weighted by Gasteiger charge is 2.08. The fourth-order valence-corrected chi connectivity index (χ4v) is 2.41. The third kappa shape index (κ3) is 4.08. The van der Waals surface area contributed by atoms with Crippen molar-refractivity contribution in [1.29, 1.82) is 0 Å². The Labute approximate surface area is 145 Å². The Morgan fingerprint density at radius 1 is 1.04 bits per heavy atom. The van der Waals surface area contributed by atoms with Gasteiger partial charge in [-0.05, 0) is 67.6 Å². The average molecular weight is 337 g/mol. The Hall–Kier alpha value is -3.05. The van der Waals surface area contributed by atoms with Crippen LogP contribution in [0.5, 0.6) is 5.75 Å². The zero-order chi connectivity index (χ0) is 17.6. The van der Waals surface area contributed by atoms with Crippen molar-refractivity contribution in [2.75, 3.05) is 11.9 Å². The van der Waals surface area contributed by atoms with Gasteiger partial charge in [-0.25, -0.2) is 0 Å². The molecule has 5 nitrogen and oxygen atoms in total. The maximum atomic E-state index is 12.3. The van der Waals surface area contributed by atoms with E-state index in [-0.39, 0.29) is 12.5 Å². The molecule has 0 atom stereocenters. The van der Waals surface area contributed by atoms with E-state index in [1.807, 2.05) is 31.2 Å². The lowest BCUT2D eigenvalue weighted by Crippen LogP contribution is -2.11. The molecule has 0 saturated heterocycles. The minimum absolute atomic E-state index is 0.129. The van der Waals surface area contributed by atoms with Gasteiger partial charge in [0.15, 0.2) is 0 Å². The number of carbonyl (C=O) groups is 1. The highest BCUT2D eigenvalue weighted by molar-refractivity contribution is 6.04. The van der Waals surface area contributed by atoms with Crippen molar-refractivity contribution in [1.82, 2.24) is 0 Å². The molecule has 5 heteroatoms. The number of amides is 1. The van der Waals surface area contributed by atoms with Crippen molar-refractivity contribution < 1.29 is 19.1 Å². The fraction of sp³-hybridized carbons (Fsp3) is 0.150. The molecule has 128 valence electrons. The molecule has 1 aromatic heterocycles. The molecular weight excluding hydrogens is 318 g/mol. The Bertz CT molecular complexity index is 835. The van der Waals surface area contributed by atoms with Crippen molar-refractivity contribution in [2.24, 2.45) is 0 Å². The number of nitrogens with one attached hydrogen (secondary N) is 1. The van der Waals surface area contributed by atoms with Gasteiger partial charge in [0, 0.05) is 16.8 Å². The van der Waals surface area contributed by atoms with Crippen LogP contribution in [0.2, 0.25) is 0 Å². The van der Waals surface area contributed by atoms with Crippen LogP contribution in [0, 0.1) is 0 Å². The molecule has 3 rings (SSSR count). The summed E-state index contributed by atoms with van der Waals surface area (Å²) in [6, 6.07) is 17.9. The van der Waals surface area contributed by atoms with Crippen LogP contribution < -0.4 is 10.1 Å². The van der Waals surface area contributed by atoms with Gasteiger partial charge in [0.25, 0.3) is 5.91 Å². The summed E-state index contributed by atoms with van der Waals surface area (Å²) in [5, 5.41) is 11.9. The van der Waals surface area contributed by atoms with Gasteiger partial charge in [-0.15, -0.1) is 0 Å². The average Bonchev–Trinajstić information content (AvgIpc) is 3.12. The van der Waals surface area contributed by atoms with Gasteiger partial charge in [-0.3, -0.25) is 4.79 Å². The second kappa shape index (κ2) is 7.68. The molecule has 0 aliphatic carbocycles. The van der Waals surface area contributed by atoms with Crippen LogP contribution >= 0.6 is 0 Å². The van der Waals surface area contributed by atoms with Crippen LogP contribution in [0.3, 0.4) is 0 Å². The van der Waals surface area contributed by atoms with Crippen LogP contribution in [0.4, 0.5) is 5.69 Å². The second-order valence-corrected chi connectivity index (χ2v) is 5.41. The number of benzene rings is 2. The molecule has 0 aliphatic heterocycles. The molecule has 3 aromatic rings. The van der Waals surface area contributed by atoms with E-state index in [1.54, 1.807) is 36.4 Å². The standard InChI is InChI=1S/C20H19NO4/c1-2-24-17-9-5-15(6-10-17)20(23)21-16-7-3-14(4-8-16)19-12-11-18(13-22)25-19/h3-12,22H,2,13H2,1H3,(H,21,23). The van der Waals surface area contributed by atoms with Crippen LogP contribution in [-0.2, 0) is 6.61 Å². The first kappa shape index (κ1) is 16.8. The van der Waals surface area contributed by atoms with Crippen LogP contribution in [-0.4, -0.2) is 17.6 Å². The number of ether oxygens (including phenoxy) is 1. The van der Waals surface area contributed by atoms with Crippen molar-refractivity contribution in [2.45, 2.75) is 13.5 Å². The molecular formula is C20H19NO4. The normalized spacial score (nSPS) is 10.5. The smallest absolute Gasteiger partial charge is 0.255 e. The molecule has 25 heavy (non-hydrogen) atoms. The largest absolute Gasteiger partial charge is 0.494 e. The van der Waals surface area contributed by atoms with Crippen molar-refractivity contribution in [3.63, 3.8) is 0 Å². The molecule has 0 unspecified atom stereocenters. The van der Waals surface area contributed by atoms with Gasteiger partial charge >= 0.3 is 0 Å². The number of carbonyl (C=O) groups excluding carboxylic acids is 1. The number of hydrogen-bond acceptors (Lipinski definition) is 4. The van der Waals surface area contributed by atoms with Crippen LogP contribution in [0.15, 0.2) is 65.1 Å². The van der Waals surface area contributed by atoms with Gasteiger partial charge < -0.3 is 19.6 Å². The number of aliphatic hydroxyl groups is 1. The van der Waals surface area contributed by atoms with E-state index < -0.39 is 0 Å². The van der Waals surface area contributed by atoms with E-state index in [9.17, 15) is 4.79 Å². The maximum Gasteiger partial charge on any atom is 0.255 e. The van der Waals surface area contributed by atoms with E-state index in [2.05, 4.69) is 5.32 Å². The van der Waals surface area contributed by atoms with E-state index >= 15 is 0 Å². The summed E-state index contributed by atoms with van der Waals surface area (Å²) in [4.78, 5) is 12.3. The highest BCUT2D eigenvalue weighted by atomic mass is 16.5. The summed E-state index contributed by atoms with van der Waals surface area (Å²) >= 11 is 0. The third-order valence-electron chi connectivity index (χ3n) is 3.67. The molecule has 0 spiro atoms. The monoisotopic (exact) mass is 337 g/mol. The predicted molar refractivity (Wildman–Crippen MR) is 95.6 cm³/mol. The first-order chi connectivity index (χ1) is 12.2. The molecule has 0 fully saturated rings. The van der Waals surface area contributed by atoms with Crippen LogP contribution in [0.25, 0.3) is 11.3 Å². The first-order valence-electron chi connectivity index (χ1n) is 8.04. The van der Waals surface area contributed by atoms with E-state index in [1.165, 1.54) is 0 Å². The predicted octanol–water partition coefficient (Wildman–Crippen LogP) is 4.09. The summed E-state index contributed by atoms with van der Waals surface area (Å²) < 4.78 is 10.9. The van der Waals surface area contributed by atoms with E-state index in [0.717, 1.165) is 11.3 Å².